The van der Waals surface area contributed by atoms with Crippen molar-refractivity contribution in [2.75, 3.05) is 58.3 Å². The summed E-state index contributed by atoms with van der Waals surface area (Å²) in [5, 5.41) is 3.04. The lowest BCUT2D eigenvalue weighted by Gasteiger charge is -2.41. The van der Waals surface area contributed by atoms with Gasteiger partial charge in [-0.1, -0.05) is 18.2 Å². The number of likely N-dealkylation sites (tertiary alicyclic amines) is 2. The monoisotopic (exact) mass is 386 g/mol. The molecule has 1 aromatic rings. The van der Waals surface area contributed by atoms with Crippen molar-refractivity contribution in [2.24, 2.45) is 5.41 Å². The minimum Gasteiger partial charge on any atom is -0.378 e. The number of hydrogen-bond donors (Lipinski definition) is 1. The molecule has 3 aliphatic heterocycles. The Kier molecular flexibility index (Phi) is 5.55. The van der Waals surface area contributed by atoms with Crippen LogP contribution >= 0.6 is 0 Å². The molecule has 0 aromatic heterocycles. The van der Waals surface area contributed by atoms with Gasteiger partial charge in [-0.2, -0.15) is 0 Å². The van der Waals surface area contributed by atoms with Gasteiger partial charge < -0.3 is 19.9 Å². The van der Waals surface area contributed by atoms with Gasteiger partial charge in [0.25, 0.3) is 0 Å². The number of urea groups is 1. The van der Waals surface area contributed by atoms with Crippen LogP contribution < -0.4 is 5.32 Å². The summed E-state index contributed by atoms with van der Waals surface area (Å²) in [6, 6.07) is 9.66. The zero-order valence-electron chi connectivity index (χ0n) is 16.6. The number of para-hydroxylation sites is 1. The zero-order valence-corrected chi connectivity index (χ0v) is 16.6. The Hall–Kier alpha value is -2.12. The number of rotatable bonds is 2. The van der Waals surface area contributed by atoms with Crippen LogP contribution in [0.25, 0.3) is 0 Å². The first-order valence-corrected chi connectivity index (χ1v) is 10.2. The Labute approximate surface area is 166 Å². The molecule has 152 valence electrons. The van der Waals surface area contributed by atoms with E-state index < -0.39 is 0 Å². The summed E-state index contributed by atoms with van der Waals surface area (Å²) in [4.78, 5) is 31.6. The number of benzene rings is 1. The molecule has 1 spiro atoms. The highest BCUT2D eigenvalue weighted by atomic mass is 16.5. The molecule has 0 aliphatic carbocycles. The average Bonchev–Trinajstić information content (AvgIpc) is 3.05. The zero-order chi connectivity index (χ0) is 19.6. The quantitative estimate of drug-likeness (QED) is 0.843. The van der Waals surface area contributed by atoms with Gasteiger partial charge in [-0.25, -0.2) is 4.79 Å². The van der Waals surface area contributed by atoms with Crippen LogP contribution in [0.15, 0.2) is 30.3 Å². The lowest BCUT2D eigenvalue weighted by molar-refractivity contribution is -0.120. The molecular formula is C21H30N4O3. The highest BCUT2D eigenvalue weighted by Gasteiger charge is 2.47. The first kappa shape index (κ1) is 19.2. The second kappa shape index (κ2) is 8.09. The van der Waals surface area contributed by atoms with E-state index in [4.69, 9.17) is 4.74 Å². The van der Waals surface area contributed by atoms with Crippen molar-refractivity contribution in [3.8, 4) is 0 Å². The number of amides is 3. The van der Waals surface area contributed by atoms with Crippen LogP contribution in [0.4, 0.5) is 10.5 Å². The number of morpholine rings is 1. The van der Waals surface area contributed by atoms with Gasteiger partial charge in [-0.15, -0.1) is 0 Å². The second-order valence-corrected chi connectivity index (χ2v) is 8.36. The van der Waals surface area contributed by atoms with Crippen molar-refractivity contribution >= 4 is 17.6 Å². The number of ether oxygens (including phenoxy) is 1. The lowest BCUT2D eigenvalue weighted by Crippen LogP contribution is -2.52. The Morgan fingerprint density at radius 1 is 1.04 bits per heavy atom. The molecule has 1 aromatic carbocycles. The maximum absolute atomic E-state index is 12.8. The van der Waals surface area contributed by atoms with Crippen LogP contribution in [0, 0.1) is 5.41 Å². The largest absolute Gasteiger partial charge is 0.378 e. The number of hydrogen-bond acceptors (Lipinski definition) is 4. The average molecular weight is 386 g/mol. The summed E-state index contributed by atoms with van der Waals surface area (Å²) < 4.78 is 5.35. The van der Waals surface area contributed by atoms with Crippen LogP contribution in [-0.2, 0) is 9.53 Å². The first-order chi connectivity index (χ1) is 13.6. The minimum absolute atomic E-state index is 0.0670. The number of piperidine rings is 1. The fourth-order valence-corrected chi connectivity index (χ4v) is 4.80. The number of nitrogens with zero attached hydrogens (tertiary/aromatic N) is 3. The molecule has 0 saturated carbocycles. The third kappa shape index (κ3) is 4.00. The van der Waals surface area contributed by atoms with Crippen molar-refractivity contribution in [3.05, 3.63) is 30.3 Å². The normalized spacial score (nSPS) is 25.1. The topological polar surface area (TPSA) is 65.1 Å². The van der Waals surface area contributed by atoms with Crippen LogP contribution in [0.1, 0.15) is 19.3 Å². The molecule has 7 heteroatoms. The Bertz CT molecular complexity index is 697. The summed E-state index contributed by atoms with van der Waals surface area (Å²) in [5.74, 6) is 0.0670. The van der Waals surface area contributed by atoms with Gasteiger partial charge in [0.1, 0.15) is 0 Å². The van der Waals surface area contributed by atoms with Crippen molar-refractivity contribution in [1.29, 1.82) is 0 Å². The van der Waals surface area contributed by atoms with E-state index >= 15 is 0 Å². The van der Waals surface area contributed by atoms with Gasteiger partial charge in [0, 0.05) is 38.4 Å². The van der Waals surface area contributed by atoms with Gasteiger partial charge in [-0.05, 0) is 43.9 Å². The number of likely N-dealkylation sites (N-methyl/N-ethyl adjacent to an activating group) is 1. The molecule has 1 atom stereocenters. The SMILES string of the molecule is CN1CC2(CCN(C(=O)N3CCOCC3)CC2)CC1C(=O)Nc1ccccc1. The van der Waals surface area contributed by atoms with E-state index in [0.717, 1.165) is 44.6 Å². The summed E-state index contributed by atoms with van der Waals surface area (Å²) in [7, 11) is 2.04. The molecule has 1 unspecified atom stereocenters. The second-order valence-electron chi connectivity index (χ2n) is 8.36. The molecule has 0 radical (unpaired) electrons. The third-order valence-electron chi connectivity index (χ3n) is 6.46. The Morgan fingerprint density at radius 2 is 1.68 bits per heavy atom. The van der Waals surface area contributed by atoms with Crippen LogP contribution in [0.3, 0.4) is 0 Å². The first-order valence-electron chi connectivity index (χ1n) is 10.2. The Balaban J connectivity index is 1.33. The van der Waals surface area contributed by atoms with E-state index in [0.29, 0.717) is 26.3 Å². The molecule has 28 heavy (non-hydrogen) atoms. The van der Waals surface area contributed by atoms with E-state index in [9.17, 15) is 9.59 Å². The van der Waals surface area contributed by atoms with E-state index in [-0.39, 0.29) is 23.4 Å². The van der Waals surface area contributed by atoms with Gasteiger partial charge in [0.2, 0.25) is 5.91 Å². The summed E-state index contributed by atoms with van der Waals surface area (Å²) in [5.41, 5.74) is 0.975. The van der Waals surface area contributed by atoms with Gasteiger partial charge in [0.15, 0.2) is 0 Å². The third-order valence-corrected chi connectivity index (χ3v) is 6.46. The molecule has 0 bridgehead atoms. The van der Waals surface area contributed by atoms with Crippen molar-refractivity contribution in [1.82, 2.24) is 14.7 Å². The number of carbonyl (C=O) groups excluding carboxylic acids is 2. The molecule has 3 fully saturated rings. The molecule has 4 rings (SSSR count). The fraction of sp³-hybridized carbons (Fsp3) is 0.619. The highest BCUT2D eigenvalue weighted by molar-refractivity contribution is 5.95. The number of carbonyl (C=O) groups is 2. The Morgan fingerprint density at radius 3 is 2.36 bits per heavy atom. The summed E-state index contributed by atoms with van der Waals surface area (Å²) in [6.45, 7) is 5.10. The molecule has 3 aliphatic rings. The minimum atomic E-state index is -0.110. The summed E-state index contributed by atoms with van der Waals surface area (Å²) in [6.07, 6.45) is 2.78. The van der Waals surface area contributed by atoms with Crippen LogP contribution in [0.5, 0.6) is 0 Å². The smallest absolute Gasteiger partial charge is 0.320 e. The van der Waals surface area contributed by atoms with Crippen molar-refractivity contribution in [3.63, 3.8) is 0 Å². The summed E-state index contributed by atoms with van der Waals surface area (Å²) >= 11 is 0. The molecule has 1 N–H and O–H groups in total. The lowest BCUT2D eigenvalue weighted by atomic mass is 9.76. The van der Waals surface area contributed by atoms with Crippen molar-refractivity contribution in [2.45, 2.75) is 25.3 Å². The van der Waals surface area contributed by atoms with Gasteiger partial charge >= 0.3 is 6.03 Å². The predicted molar refractivity (Wildman–Crippen MR) is 107 cm³/mol. The van der Waals surface area contributed by atoms with E-state index in [2.05, 4.69) is 10.2 Å². The number of nitrogens with one attached hydrogen (secondary N) is 1. The van der Waals surface area contributed by atoms with E-state index in [1.165, 1.54) is 0 Å². The maximum Gasteiger partial charge on any atom is 0.320 e. The fourth-order valence-electron chi connectivity index (χ4n) is 4.80. The maximum atomic E-state index is 12.8. The van der Waals surface area contributed by atoms with Crippen LogP contribution in [0.2, 0.25) is 0 Å². The molecule has 3 heterocycles. The molecule has 7 nitrogen and oxygen atoms in total. The van der Waals surface area contributed by atoms with E-state index in [1.807, 2.05) is 47.2 Å². The number of anilines is 1. The van der Waals surface area contributed by atoms with Crippen molar-refractivity contribution < 1.29 is 14.3 Å². The predicted octanol–water partition coefficient (Wildman–Crippen LogP) is 1.86. The van der Waals surface area contributed by atoms with Gasteiger partial charge in [-0.3, -0.25) is 9.69 Å². The van der Waals surface area contributed by atoms with Crippen LogP contribution in [-0.4, -0.2) is 85.7 Å². The highest BCUT2D eigenvalue weighted by Crippen LogP contribution is 2.43. The van der Waals surface area contributed by atoms with E-state index in [1.54, 1.807) is 0 Å². The molecule has 3 amide bonds. The standard InChI is InChI=1S/C21H30N4O3/c1-23-16-21(15-18(23)19(26)22-17-5-3-2-4-6-17)7-9-24(10-8-21)20(27)25-11-13-28-14-12-25/h2-6,18H,7-16H2,1H3,(H,22,26). The molecule has 3 saturated heterocycles. The molecular weight excluding hydrogens is 356 g/mol. The van der Waals surface area contributed by atoms with Gasteiger partial charge in [0.05, 0.1) is 19.3 Å².